The maximum Gasteiger partial charge on any atom is 0.230 e. The summed E-state index contributed by atoms with van der Waals surface area (Å²) in [6, 6.07) is 0. The molecule has 4 nitrogen and oxygen atoms in total. The minimum absolute atomic E-state index is 0.0185. The predicted octanol–water partition coefficient (Wildman–Crippen LogP) is 1.43. The fourth-order valence-corrected chi connectivity index (χ4v) is 3.25. The van der Waals surface area contributed by atoms with Crippen LogP contribution in [0.3, 0.4) is 0 Å². The third kappa shape index (κ3) is 2.10. The van der Waals surface area contributed by atoms with Crippen molar-refractivity contribution in [1.29, 1.82) is 0 Å². The van der Waals surface area contributed by atoms with Gasteiger partial charge in [-0.3, -0.25) is 14.5 Å². The molecule has 1 spiro atoms. The number of nitrogens with two attached hydrogens (primary N) is 1. The van der Waals surface area contributed by atoms with Gasteiger partial charge < -0.3 is 5.73 Å². The molecule has 96 valence electrons. The third-order valence-corrected chi connectivity index (χ3v) is 4.32. The summed E-state index contributed by atoms with van der Waals surface area (Å²) >= 11 is 0. The number of carbonyl (C=O) groups is 2. The molecule has 2 fully saturated rings. The Morgan fingerprint density at radius 3 is 2.06 bits per heavy atom. The maximum atomic E-state index is 12.2. The molecule has 1 saturated heterocycles. The summed E-state index contributed by atoms with van der Waals surface area (Å²) in [4.78, 5) is 25.8. The fraction of sp³-hybridized carbons (Fsp3) is 0.846. The van der Waals surface area contributed by atoms with Crippen LogP contribution < -0.4 is 5.73 Å². The van der Waals surface area contributed by atoms with Crippen LogP contribution in [0, 0.1) is 5.41 Å². The Kier molecular flexibility index (Phi) is 3.02. The molecule has 17 heavy (non-hydrogen) atoms. The van der Waals surface area contributed by atoms with Crippen LogP contribution in [0.25, 0.3) is 0 Å². The van der Waals surface area contributed by atoms with E-state index >= 15 is 0 Å². The number of hydrogen-bond donors (Lipinski definition) is 1. The van der Waals surface area contributed by atoms with Crippen molar-refractivity contribution in [3.8, 4) is 0 Å². The normalized spacial score (nSPS) is 24.8. The van der Waals surface area contributed by atoms with Crippen LogP contribution in [0.5, 0.6) is 0 Å². The van der Waals surface area contributed by atoms with Crippen LogP contribution in [-0.4, -0.2) is 28.8 Å². The van der Waals surface area contributed by atoms with Crippen molar-refractivity contribution in [3.63, 3.8) is 0 Å². The van der Waals surface area contributed by atoms with Gasteiger partial charge in [0.25, 0.3) is 0 Å². The van der Waals surface area contributed by atoms with Gasteiger partial charge in [-0.2, -0.15) is 0 Å². The van der Waals surface area contributed by atoms with E-state index in [1.807, 2.05) is 13.8 Å². The molecule has 2 N–H and O–H groups in total. The van der Waals surface area contributed by atoms with Gasteiger partial charge >= 0.3 is 0 Å². The topological polar surface area (TPSA) is 63.4 Å². The third-order valence-electron chi connectivity index (χ3n) is 4.32. The van der Waals surface area contributed by atoms with E-state index in [2.05, 4.69) is 0 Å². The summed E-state index contributed by atoms with van der Waals surface area (Å²) < 4.78 is 0. The Bertz CT molecular complexity index is 323. The van der Waals surface area contributed by atoms with E-state index in [4.69, 9.17) is 5.73 Å². The van der Waals surface area contributed by atoms with Gasteiger partial charge in [0, 0.05) is 19.4 Å². The van der Waals surface area contributed by atoms with Crippen LogP contribution in [0.15, 0.2) is 0 Å². The number of amides is 2. The molecule has 1 heterocycles. The van der Waals surface area contributed by atoms with Crippen molar-refractivity contribution >= 4 is 11.8 Å². The second kappa shape index (κ2) is 4.09. The van der Waals surface area contributed by atoms with E-state index in [1.165, 1.54) is 4.90 Å². The number of carbonyl (C=O) groups excluding carboxylic acids is 2. The summed E-state index contributed by atoms with van der Waals surface area (Å²) in [5.41, 5.74) is 5.09. The molecule has 1 aliphatic carbocycles. The molecule has 2 amide bonds. The number of piperidine rings is 1. The lowest BCUT2D eigenvalue weighted by atomic mass is 9.75. The number of hydrogen-bond acceptors (Lipinski definition) is 3. The molecule has 0 aromatic carbocycles. The van der Waals surface area contributed by atoms with Crippen molar-refractivity contribution in [2.75, 3.05) is 6.54 Å². The lowest BCUT2D eigenvalue weighted by molar-refractivity contribution is -0.159. The average molecular weight is 238 g/mol. The van der Waals surface area contributed by atoms with Gasteiger partial charge in [-0.15, -0.1) is 0 Å². The monoisotopic (exact) mass is 238 g/mol. The molecule has 2 rings (SSSR count). The molecular weight excluding hydrogens is 216 g/mol. The largest absolute Gasteiger partial charge is 0.328 e. The zero-order valence-corrected chi connectivity index (χ0v) is 10.8. The summed E-state index contributed by atoms with van der Waals surface area (Å²) in [5.74, 6) is -0.0581. The molecule has 2 aliphatic rings. The second-order valence-electron chi connectivity index (χ2n) is 6.20. The highest BCUT2D eigenvalue weighted by molar-refractivity contribution is 5.99. The average Bonchev–Trinajstić information content (AvgIpc) is 2.64. The SMILES string of the molecule is CC(C)(CN)N1C(=O)CC2(CCCC2)CC1=O. The number of likely N-dealkylation sites (tertiary alicyclic amines) is 1. The minimum Gasteiger partial charge on any atom is -0.328 e. The zero-order valence-electron chi connectivity index (χ0n) is 10.8. The summed E-state index contributed by atoms with van der Waals surface area (Å²) in [7, 11) is 0. The van der Waals surface area contributed by atoms with E-state index in [9.17, 15) is 9.59 Å². The number of imide groups is 1. The smallest absolute Gasteiger partial charge is 0.230 e. The highest BCUT2D eigenvalue weighted by Crippen LogP contribution is 2.47. The van der Waals surface area contributed by atoms with Gasteiger partial charge in [0.2, 0.25) is 11.8 Å². The van der Waals surface area contributed by atoms with Crippen LogP contribution in [0.1, 0.15) is 52.4 Å². The Morgan fingerprint density at radius 1 is 1.18 bits per heavy atom. The lowest BCUT2D eigenvalue weighted by Crippen LogP contribution is -2.59. The highest BCUT2D eigenvalue weighted by Gasteiger charge is 2.48. The first-order valence-electron chi connectivity index (χ1n) is 6.46. The molecule has 1 aliphatic heterocycles. The number of rotatable bonds is 2. The van der Waals surface area contributed by atoms with Crippen molar-refractivity contribution in [1.82, 2.24) is 4.90 Å². The first-order chi connectivity index (χ1) is 7.90. The van der Waals surface area contributed by atoms with Crippen LogP contribution in [0.2, 0.25) is 0 Å². The lowest BCUT2D eigenvalue weighted by Gasteiger charge is -2.44. The van der Waals surface area contributed by atoms with Crippen molar-refractivity contribution in [2.24, 2.45) is 11.1 Å². The van der Waals surface area contributed by atoms with E-state index in [0.717, 1.165) is 25.7 Å². The van der Waals surface area contributed by atoms with Crippen molar-refractivity contribution in [3.05, 3.63) is 0 Å². The molecule has 0 bridgehead atoms. The number of nitrogens with zero attached hydrogens (tertiary/aromatic N) is 1. The Balaban J connectivity index is 2.20. The molecule has 0 aromatic rings. The van der Waals surface area contributed by atoms with Crippen LogP contribution >= 0.6 is 0 Å². The summed E-state index contributed by atoms with van der Waals surface area (Å²) in [5, 5.41) is 0. The van der Waals surface area contributed by atoms with Gasteiger partial charge in [-0.1, -0.05) is 12.8 Å². The fourth-order valence-electron chi connectivity index (χ4n) is 3.25. The van der Waals surface area contributed by atoms with E-state index in [1.54, 1.807) is 0 Å². The quantitative estimate of drug-likeness (QED) is 0.740. The van der Waals surface area contributed by atoms with E-state index in [-0.39, 0.29) is 17.2 Å². The predicted molar refractivity (Wildman–Crippen MR) is 65.1 cm³/mol. The van der Waals surface area contributed by atoms with Crippen LogP contribution in [0.4, 0.5) is 0 Å². The van der Waals surface area contributed by atoms with Crippen molar-refractivity contribution in [2.45, 2.75) is 57.9 Å². The van der Waals surface area contributed by atoms with E-state index < -0.39 is 5.54 Å². The van der Waals surface area contributed by atoms with Crippen molar-refractivity contribution < 1.29 is 9.59 Å². The standard InChI is InChI=1S/C13H22N2O2/c1-12(2,9-14)15-10(16)7-13(8-11(15)17)5-3-4-6-13/h3-9,14H2,1-2H3. The molecule has 1 saturated carbocycles. The van der Waals surface area contributed by atoms with Gasteiger partial charge in [-0.25, -0.2) is 0 Å². The first-order valence-corrected chi connectivity index (χ1v) is 6.46. The van der Waals surface area contributed by atoms with Gasteiger partial charge in [0.15, 0.2) is 0 Å². The Labute approximate surface area is 103 Å². The van der Waals surface area contributed by atoms with E-state index in [0.29, 0.717) is 19.4 Å². The Morgan fingerprint density at radius 2 is 1.65 bits per heavy atom. The van der Waals surface area contributed by atoms with Gasteiger partial charge in [-0.05, 0) is 32.1 Å². The highest BCUT2D eigenvalue weighted by atomic mass is 16.2. The van der Waals surface area contributed by atoms with Crippen LogP contribution in [-0.2, 0) is 9.59 Å². The molecule has 0 atom stereocenters. The molecule has 0 aromatic heterocycles. The first kappa shape index (κ1) is 12.6. The molecule has 0 radical (unpaired) electrons. The second-order valence-corrected chi connectivity index (χ2v) is 6.20. The summed E-state index contributed by atoms with van der Waals surface area (Å²) in [6.07, 6.45) is 5.43. The Hall–Kier alpha value is -0.900. The molecular formula is C13H22N2O2. The van der Waals surface area contributed by atoms with Gasteiger partial charge in [0.1, 0.15) is 0 Å². The van der Waals surface area contributed by atoms with Gasteiger partial charge in [0.05, 0.1) is 5.54 Å². The molecule has 0 unspecified atom stereocenters. The minimum atomic E-state index is -0.547. The summed E-state index contributed by atoms with van der Waals surface area (Å²) in [6.45, 7) is 4.03. The molecule has 4 heteroatoms. The zero-order chi connectivity index (χ0) is 12.7. The maximum absolute atomic E-state index is 12.2.